The molecule has 6 N–H and O–H groups in total. The van der Waals surface area contributed by atoms with E-state index < -0.39 is 58.0 Å². The Hall–Kier alpha value is -3.17. The van der Waals surface area contributed by atoms with Crippen LogP contribution >= 0.6 is 0 Å². The maximum absolute atomic E-state index is 13.8. The third-order valence-electron chi connectivity index (χ3n) is 7.79. The highest BCUT2D eigenvalue weighted by molar-refractivity contribution is 6.24. The Kier molecular flexibility index (Phi) is 6.05. The number of carbonyl (C=O) groups is 3. The average Bonchev–Trinajstić information content (AvgIpc) is 2.77. The molecule has 1 aromatic carbocycles. The molecule has 0 aromatic heterocycles. The van der Waals surface area contributed by atoms with Gasteiger partial charge in [0.1, 0.15) is 22.8 Å². The SMILES string of the molecule is CCCc1cc(CC)c(O)c2c1C[C@@H]1C[C@@H]3[C@@H](N(C)C)C(=O)C(C(N)=O)=C(O)[C@]3(O)C(=O)C1=C2O. The first-order valence-corrected chi connectivity index (χ1v) is 11.9. The Morgan fingerprint density at radius 3 is 2.37 bits per heavy atom. The van der Waals surface area contributed by atoms with Gasteiger partial charge < -0.3 is 26.2 Å². The number of Topliss-reactive ketones (excluding diaryl/α,β-unsaturated/α-hetero) is 2. The van der Waals surface area contributed by atoms with Gasteiger partial charge in [-0.1, -0.05) is 26.3 Å². The van der Waals surface area contributed by atoms with Gasteiger partial charge in [-0.05, 0) is 62.4 Å². The molecule has 35 heavy (non-hydrogen) atoms. The number of benzene rings is 1. The number of nitrogens with two attached hydrogens (primary N) is 1. The first-order valence-electron chi connectivity index (χ1n) is 11.9. The monoisotopic (exact) mass is 484 g/mol. The van der Waals surface area contributed by atoms with Crippen LogP contribution in [0, 0.1) is 11.8 Å². The van der Waals surface area contributed by atoms with E-state index in [0.717, 1.165) is 24.0 Å². The van der Waals surface area contributed by atoms with E-state index in [1.54, 1.807) is 14.1 Å². The molecule has 0 spiro atoms. The maximum Gasteiger partial charge on any atom is 0.255 e. The van der Waals surface area contributed by atoms with Gasteiger partial charge in [-0.25, -0.2) is 0 Å². The Bertz CT molecular complexity index is 1210. The molecule has 1 aromatic rings. The number of ketones is 2. The molecule has 9 nitrogen and oxygen atoms in total. The number of hydrogen-bond acceptors (Lipinski definition) is 8. The minimum Gasteiger partial charge on any atom is -0.508 e. The molecule has 0 bridgehead atoms. The topological polar surface area (TPSA) is 161 Å². The largest absolute Gasteiger partial charge is 0.508 e. The summed E-state index contributed by atoms with van der Waals surface area (Å²) in [6.07, 6.45) is 2.49. The molecule has 0 heterocycles. The van der Waals surface area contributed by atoms with Crippen molar-refractivity contribution in [2.45, 2.75) is 57.6 Å². The number of carbonyl (C=O) groups excluding carboxylic acids is 3. The first-order chi connectivity index (χ1) is 16.4. The maximum atomic E-state index is 13.8. The fourth-order valence-electron chi connectivity index (χ4n) is 6.21. The summed E-state index contributed by atoms with van der Waals surface area (Å²) in [5, 5.41) is 44.8. The van der Waals surface area contributed by atoms with Crippen molar-refractivity contribution < 1.29 is 34.8 Å². The molecule has 4 rings (SSSR count). The third-order valence-corrected chi connectivity index (χ3v) is 7.79. The van der Waals surface area contributed by atoms with E-state index >= 15 is 0 Å². The fourth-order valence-corrected chi connectivity index (χ4v) is 6.21. The minimum atomic E-state index is -2.62. The molecule has 3 aliphatic rings. The summed E-state index contributed by atoms with van der Waals surface area (Å²) in [5.74, 6) is -6.25. The van der Waals surface area contributed by atoms with Crippen molar-refractivity contribution in [1.82, 2.24) is 4.90 Å². The number of likely N-dealkylation sites (N-methyl/N-ethyl adjacent to an activating group) is 1. The fraction of sp³-hybridized carbons (Fsp3) is 0.500. The molecule has 0 radical (unpaired) electrons. The predicted molar refractivity (Wildman–Crippen MR) is 128 cm³/mol. The van der Waals surface area contributed by atoms with E-state index in [1.807, 2.05) is 19.9 Å². The second kappa shape index (κ2) is 8.49. The van der Waals surface area contributed by atoms with E-state index in [2.05, 4.69) is 0 Å². The molecule has 9 heteroatoms. The molecule has 0 saturated heterocycles. The highest BCUT2D eigenvalue weighted by Crippen LogP contribution is 2.53. The van der Waals surface area contributed by atoms with Crippen LogP contribution in [0.2, 0.25) is 0 Å². The van der Waals surface area contributed by atoms with Crippen molar-refractivity contribution in [3.8, 4) is 5.75 Å². The van der Waals surface area contributed by atoms with Crippen molar-refractivity contribution in [2.24, 2.45) is 17.6 Å². The average molecular weight is 485 g/mol. The summed E-state index contributed by atoms with van der Waals surface area (Å²) in [7, 11) is 3.16. The van der Waals surface area contributed by atoms with Gasteiger partial charge in [-0.3, -0.25) is 19.3 Å². The molecule has 1 amide bonds. The van der Waals surface area contributed by atoms with E-state index in [1.165, 1.54) is 4.90 Å². The molecule has 1 saturated carbocycles. The van der Waals surface area contributed by atoms with Gasteiger partial charge in [0.05, 0.1) is 11.6 Å². The summed E-state index contributed by atoms with van der Waals surface area (Å²) in [6.45, 7) is 3.90. The number of fused-ring (bicyclic) bond motifs is 3. The zero-order valence-electron chi connectivity index (χ0n) is 20.4. The number of primary amides is 1. The lowest BCUT2D eigenvalue weighted by Crippen LogP contribution is -2.65. The van der Waals surface area contributed by atoms with E-state index in [4.69, 9.17) is 5.73 Å². The van der Waals surface area contributed by atoms with Gasteiger partial charge in [0.2, 0.25) is 5.78 Å². The van der Waals surface area contributed by atoms with Gasteiger partial charge in [0.15, 0.2) is 11.4 Å². The highest BCUT2D eigenvalue weighted by atomic mass is 16.3. The quantitative estimate of drug-likeness (QED) is 0.393. The summed E-state index contributed by atoms with van der Waals surface area (Å²) in [5.41, 5.74) is 4.31. The van der Waals surface area contributed by atoms with Crippen molar-refractivity contribution in [3.63, 3.8) is 0 Å². The molecule has 4 atom stereocenters. The van der Waals surface area contributed by atoms with Crippen molar-refractivity contribution in [3.05, 3.63) is 45.2 Å². The lowest BCUT2D eigenvalue weighted by molar-refractivity contribution is -0.153. The Balaban J connectivity index is 1.99. The normalized spacial score (nSPS) is 28.2. The van der Waals surface area contributed by atoms with Crippen LogP contribution in [-0.4, -0.2) is 68.5 Å². The molecular weight excluding hydrogens is 452 g/mol. The number of hydrogen-bond donors (Lipinski definition) is 5. The van der Waals surface area contributed by atoms with Crippen LogP contribution in [0.4, 0.5) is 0 Å². The van der Waals surface area contributed by atoms with Crippen LogP contribution < -0.4 is 5.73 Å². The highest BCUT2D eigenvalue weighted by Gasteiger charge is 2.64. The standard InChI is InChI=1S/C26H32N2O7/c1-5-7-12-8-11(6-2)20(29)17-14(12)9-13-10-15-19(28(3)4)22(31)18(25(27)34)24(33)26(15,35)23(32)16(13)21(17)30/h8,13,15,19,29-30,33,35H,5-7,9-10H2,1-4H3,(H2,27,34)/t13-,15-,19-,26-/m1/s1. The van der Waals surface area contributed by atoms with Crippen LogP contribution in [0.3, 0.4) is 0 Å². The van der Waals surface area contributed by atoms with Crippen LogP contribution in [0.5, 0.6) is 5.75 Å². The third kappa shape index (κ3) is 3.32. The molecule has 1 fully saturated rings. The summed E-state index contributed by atoms with van der Waals surface area (Å²) >= 11 is 0. The summed E-state index contributed by atoms with van der Waals surface area (Å²) in [6, 6.07) is 0.843. The van der Waals surface area contributed by atoms with Crippen molar-refractivity contribution in [2.75, 3.05) is 14.1 Å². The number of phenolic OH excluding ortho intramolecular Hbond substituents is 1. The first kappa shape index (κ1) is 24.9. The Morgan fingerprint density at radius 2 is 1.83 bits per heavy atom. The van der Waals surface area contributed by atoms with Gasteiger partial charge in [0, 0.05) is 11.5 Å². The number of aromatic hydroxyl groups is 1. The minimum absolute atomic E-state index is 0.0909. The Morgan fingerprint density at radius 1 is 1.17 bits per heavy atom. The van der Waals surface area contributed by atoms with E-state index in [0.29, 0.717) is 18.4 Å². The predicted octanol–water partition coefficient (Wildman–Crippen LogP) is 1.48. The number of nitrogens with zero attached hydrogens (tertiary/aromatic N) is 1. The lowest BCUT2D eigenvalue weighted by atomic mass is 9.57. The molecule has 188 valence electrons. The summed E-state index contributed by atoms with van der Waals surface area (Å²) < 4.78 is 0. The number of aliphatic hydroxyl groups excluding tert-OH is 2. The van der Waals surface area contributed by atoms with Gasteiger partial charge in [0.25, 0.3) is 5.91 Å². The summed E-state index contributed by atoms with van der Waals surface area (Å²) in [4.78, 5) is 40.5. The smallest absolute Gasteiger partial charge is 0.255 e. The van der Waals surface area contributed by atoms with Crippen LogP contribution in [0.25, 0.3) is 5.76 Å². The van der Waals surface area contributed by atoms with Crippen LogP contribution in [-0.2, 0) is 33.6 Å². The van der Waals surface area contributed by atoms with Gasteiger partial charge >= 0.3 is 0 Å². The number of phenols is 1. The Labute approximate surface area is 203 Å². The number of aliphatic hydroxyl groups is 3. The zero-order chi connectivity index (χ0) is 26.0. The molecular formula is C26H32N2O7. The number of rotatable bonds is 5. The molecule has 3 aliphatic carbocycles. The van der Waals surface area contributed by atoms with Crippen molar-refractivity contribution in [1.29, 1.82) is 0 Å². The van der Waals surface area contributed by atoms with Gasteiger partial charge in [-0.15, -0.1) is 0 Å². The number of amides is 1. The van der Waals surface area contributed by atoms with Crippen molar-refractivity contribution >= 4 is 23.2 Å². The molecule has 0 unspecified atom stereocenters. The lowest BCUT2D eigenvalue weighted by Gasteiger charge is -2.50. The zero-order valence-corrected chi connectivity index (χ0v) is 20.4. The van der Waals surface area contributed by atoms with Gasteiger partial charge in [-0.2, -0.15) is 0 Å². The second-order valence-corrected chi connectivity index (χ2v) is 9.96. The van der Waals surface area contributed by atoms with E-state index in [-0.39, 0.29) is 23.3 Å². The van der Waals surface area contributed by atoms with E-state index in [9.17, 15) is 34.8 Å². The number of aryl methyl sites for hydroxylation is 2. The second-order valence-electron chi connectivity index (χ2n) is 9.96. The van der Waals surface area contributed by atoms with Crippen LogP contribution in [0.1, 0.15) is 48.9 Å². The molecule has 0 aliphatic heterocycles. The van der Waals surface area contributed by atoms with Crippen LogP contribution in [0.15, 0.2) is 23.0 Å².